The van der Waals surface area contributed by atoms with Crippen LogP contribution in [0.15, 0.2) is 85.0 Å². The fraction of sp³-hybridized carbons (Fsp3) is 0.158. The van der Waals surface area contributed by atoms with E-state index >= 15 is 0 Å². The van der Waals surface area contributed by atoms with Crippen molar-refractivity contribution in [1.82, 2.24) is 0 Å². The minimum absolute atomic E-state index is 0.688. The second-order valence-corrected chi connectivity index (χ2v) is 6.49. The molecule has 0 amide bonds. The minimum atomic E-state index is -0.807. The van der Waals surface area contributed by atoms with Crippen LogP contribution in [-0.4, -0.2) is 4.87 Å². The Kier molecular flexibility index (Phi) is 3.93. The third kappa shape index (κ3) is 2.43. The molecule has 1 atom stereocenters. The van der Waals surface area contributed by atoms with Crippen molar-refractivity contribution in [1.29, 1.82) is 0 Å². The van der Waals surface area contributed by atoms with Crippen molar-refractivity contribution in [2.45, 2.75) is 16.2 Å². The molecule has 0 nitrogen and oxygen atoms in total. The summed E-state index contributed by atoms with van der Waals surface area (Å²) >= 11 is 14.2. The molecule has 0 saturated heterocycles. The van der Waals surface area contributed by atoms with Crippen LogP contribution in [0.5, 0.6) is 0 Å². The van der Waals surface area contributed by atoms with E-state index in [4.69, 9.17) is 23.2 Å². The predicted octanol–water partition coefficient (Wildman–Crippen LogP) is 5.66. The van der Waals surface area contributed by atoms with Crippen molar-refractivity contribution in [3.63, 3.8) is 0 Å². The number of alkyl halides is 2. The van der Waals surface area contributed by atoms with E-state index in [2.05, 4.69) is 6.08 Å². The average molecular weight is 315 g/mol. The van der Waals surface area contributed by atoms with E-state index in [-0.39, 0.29) is 0 Å². The highest BCUT2D eigenvalue weighted by molar-refractivity contribution is 6.37. The molecular weight excluding hydrogens is 299 g/mol. The van der Waals surface area contributed by atoms with Gasteiger partial charge in [-0.1, -0.05) is 85.0 Å². The van der Waals surface area contributed by atoms with E-state index in [0.29, 0.717) is 6.42 Å². The molecule has 2 aromatic rings. The van der Waals surface area contributed by atoms with Crippen LogP contribution >= 0.6 is 23.2 Å². The van der Waals surface area contributed by atoms with E-state index in [1.165, 1.54) is 0 Å². The lowest BCUT2D eigenvalue weighted by molar-refractivity contribution is 0.554. The Morgan fingerprint density at radius 2 is 1.33 bits per heavy atom. The van der Waals surface area contributed by atoms with Crippen molar-refractivity contribution in [3.05, 3.63) is 96.1 Å². The summed E-state index contributed by atoms with van der Waals surface area (Å²) in [6.07, 6.45) is 8.74. The molecule has 1 unspecified atom stereocenters. The van der Waals surface area contributed by atoms with Gasteiger partial charge in [0, 0.05) is 0 Å². The molecule has 0 heterocycles. The number of hydrogen-bond donors (Lipinski definition) is 0. The van der Waals surface area contributed by atoms with Crippen LogP contribution in [0.25, 0.3) is 0 Å². The van der Waals surface area contributed by atoms with Crippen LogP contribution in [-0.2, 0) is 4.87 Å². The topological polar surface area (TPSA) is 0 Å². The van der Waals surface area contributed by atoms with Crippen molar-refractivity contribution in [2.75, 3.05) is 0 Å². The SMILES string of the molecule is ClC1(C(Cl)(c2ccccc2)c2ccccc2)C=CC=CC1. The van der Waals surface area contributed by atoms with Gasteiger partial charge in [0.2, 0.25) is 0 Å². The third-order valence-corrected chi connectivity index (χ3v) is 5.37. The van der Waals surface area contributed by atoms with Crippen molar-refractivity contribution < 1.29 is 0 Å². The van der Waals surface area contributed by atoms with Gasteiger partial charge < -0.3 is 0 Å². The predicted molar refractivity (Wildman–Crippen MR) is 91.0 cm³/mol. The Labute approximate surface area is 135 Å². The number of benzene rings is 2. The zero-order valence-corrected chi connectivity index (χ0v) is 13.1. The fourth-order valence-electron chi connectivity index (χ4n) is 2.83. The van der Waals surface area contributed by atoms with E-state index in [1.54, 1.807) is 0 Å². The zero-order valence-electron chi connectivity index (χ0n) is 11.5. The number of allylic oxidation sites excluding steroid dienone is 4. The standard InChI is InChI=1S/C19H16Cl2/c20-18(14-8-3-9-15-18)19(21,16-10-4-1-5-11-16)17-12-6-2-7-13-17/h1-14H,15H2. The van der Waals surface area contributed by atoms with Gasteiger partial charge in [0.25, 0.3) is 0 Å². The van der Waals surface area contributed by atoms with Crippen LogP contribution in [0.1, 0.15) is 17.5 Å². The Balaban J connectivity index is 2.21. The van der Waals surface area contributed by atoms with Gasteiger partial charge in [-0.05, 0) is 17.5 Å². The van der Waals surface area contributed by atoms with E-state index in [1.807, 2.05) is 78.9 Å². The lowest BCUT2D eigenvalue weighted by atomic mass is 9.76. The summed E-state index contributed by atoms with van der Waals surface area (Å²) in [4.78, 5) is -1.50. The van der Waals surface area contributed by atoms with Crippen LogP contribution in [0.2, 0.25) is 0 Å². The summed E-state index contributed by atoms with van der Waals surface area (Å²) in [5.74, 6) is 0. The first-order valence-corrected chi connectivity index (χ1v) is 7.76. The molecule has 0 bridgehead atoms. The Morgan fingerprint density at radius 3 is 1.76 bits per heavy atom. The van der Waals surface area contributed by atoms with E-state index in [9.17, 15) is 0 Å². The van der Waals surface area contributed by atoms with E-state index < -0.39 is 9.75 Å². The molecule has 0 N–H and O–H groups in total. The molecule has 2 heteroatoms. The Bertz CT molecular complexity index is 619. The van der Waals surface area contributed by atoms with Gasteiger partial charge in [-0.25, -0.2) is 0 Å². The van der Waals surface area contributed by atoms with Crippen LogP contribution in [0, 0.1) is 0 Å². The van der Waals surface area contributed by atoms with Gasteiger partial charge in [0.05, 0.1) is 4.87 Å². The summed E-state index contributed by atoms with van der Waals surface area (Å²) in [6, 6.07) is 20.1. The Hall–Kier alpha value is -1.50. The first kappa shape index (κ1) is 14.4. The van der Waals surface area contributed by atoms with E-state index in [0.717, 1.165) is 11.1 Å². The van der Waals surface area contributed by atoms with Gasteiger partial charge >= 0.3 is 0 Å². The normalized spacial score (nSPS) is 21.4. The molecule has 1 aliphatic rings. The molecular formula is C19H16Cl2. The summed E-state index contributed by atoms with van der Waals surface area (Å²) in [5, 5.41) is 0. The average Bonchev–Trinajstić information content (AvgIpc) is 2.56. The zero-order chi connectivity index (χ0) is 14.8. The van der Waals surface area contributed by atoms with Gasteiger partial charge in [-0.3, -0.25) is 0 Å². The molecule has 0 aliphatic heterocycles. The second-order valence-electron chi connectivity index (χ2n) is 5.24. The summed E-state index contributed by atoms with van der Waals surface area (Å²) in [7, 11) is 0. The van der Waals surface area contributed by atoms with Gasteiger partial charge in [-0.15, -0.1) is 23.2 Å². The Morgan fingerprint density at radius 1 is 0.810 bits per heavy atom. The molecule has 21 heavy (non-hydrogen) atoms. The molecule has 0 fully saturated rings. The van der Waals surface area contributed by atoms with Crippen LogP contribution in [0.4, 0.5) is 0 Å². The molecule has 0 radical (unpaired) electrons. The number of halogens is 2. The molecule has 1 aliphatic carbocycles. The minimum Gasteiger partial charge on any atom is -0.112 e. The lowest BCUT2D eigenvalue weighted by Crippen LogP contribution is -2.43. The van der Waals surface area contributed by atoms with Crippen LogP contribution in [0.3, 0.4) is 0 Å². The maximum Gasteiger partial charge on any atom is 0.117 e. The highest BCUT2D eigenvalue weighted by Crippen LogP contribution is 2.52. The smallest absolute Gasteiger partial charge is 0.112 e. The highest BCUT2D eigenvalue weighted by Gasteiger charge is 2.49. The molecule has 3 rings (SSSR count). The lowest BCUT2D eigenvalue weighted by Gasteiger charge is -2.42. The quantitative estimate of drug-likeness (QED) is 0.641. The number of hydrogen-bond acceptors (Lipinski definition) is 0. The molecule has 0 spiro atoms. The first-order valence-electron chi connectivity index (χ1n) is 7.00. The third-order valence-electron chi connectivity index (χ3n) is 3.94. The maximum absolute atomic E-state index is 7.19. The highest BCUT2D eigenvalue weighted by atomic mass is 35.5. The maximum atomic E-state index is 7.19. The number of rotatable bonds is 3. The molecule has 106 valence electrons. The largest absolute Gasteiger partial charge is 0.117 e. The van der Waals surface area contributed by atoms with Gasteiger partial charge in [0.15, 0.2) is 0 Å². The summed E-state index contributed by atoms with van der Waals surface area (Å²) in [5.41, 5.74) is 2.01. The molecule has 0 aromatic heterocycles. The fourth-order valence-corrected chi connectivity index (χ4v) is 3.60. The van der Waals surface area contributed by atoms with Crippen molar-refractivity contribution in [3.8, 4) is 0 Å². The van der Waals surface area contributed by atoms with Crippen molar-refractivity contribution in [2.24, 2.45) is 0 Å². The molecule has 0 saturated carbocycles. The summed E-state index contributed by atoms with van der Waals surface area (Å²) < 4.78 is 0. The second kappa shape index (κ2) is 5.71. The monoisotopic (exact) mass is 314 g/mol. The van der Waals surface area contributed by atoms with Crippen molar-refractivity contribution >= 4 is 23.2 Å². The summed E-state index contributed by atoms with van der Waals surface area (Å²) in [6.45, 7) is 0. The van der Waals surface area contributed by atoms with Gasteiger partial charge in [-0.2, -0.15) is 0 Å². The first-order chi connectivity index (χ1) is 10.2. The molecule has 2 aromatic carbocycles. The van der Waals surface area contributed by atoms with Gasteiger partial charge in [0.1, 0.15) is 4.87 Å². The van der Waals surface area contributed by atoms with Crippen LogP contribution < -0.4 is 0 Å².